The molecule has 1 N–H and O–H groups in total. The Kier molecular flexibility index (Phi) is 6.95. The van der Waals surface area contributed by atoms with Crippen LogP contribution < -0.4 is 5.32 Å². The number of aromatic nitrogens is 2. The van der Waals surface area contributed by atoms with Crippen molar-refractivity contribution in [2.24, 2.45) is 0 Å². The molecular weight excluding hydrogens is 360 g/mol. The maximum absolute atomic E-state index is 12.6. The quantitative estimate of drug-likeness (QED) is 0.557. The van der Waals surface area contributed by atoms with Crippen LogP contribution in [0, 0.1) is 6.92 Å². The van der Waals surface area contributed by atoms with Crippen LogP contribution in [0.5, 0.6) is 0 Å². The van der Waals surface area contributed by atoms with Crippen molar-refractivity contribution < 1.29 is 4.79 Å². The van der Waals surface area contributed by atoms with E-state index in [1.165, 1.54) is 5.56 Å². The molecule has 1 aromatic heterocycles. The molecule has 0 fully saturated rings. The number of unbranched alkanes of at least 4 members (excludes halogenated alkanes) is 1. The SMILES string of the molecule is CCCCN(CC)C(=O)c1ccc(Nc2ccc(-c3cccc(C)c3)nn2)cc1. The summed E-state index contributed by atoms with van der Waals surface area (Å²) in [5, 5.41) is 11.8. The summed E-state index contributed by atoms with van der Waals surface area (Å²) in [6.07, 6.45) is 2.10. The van der Waals surface area contributed by atoms with Crippen LogP contribution in [0.1, 0.15) is 42.6 Å². The van der Waals surface area contributed by atoms with Gasteiger partial charge in [0.1, 0.15) is 0 Å². The van der Waals surface area contributed by atoms with E-state index >= 15 is 0 Å². The number of hydrogen-bond donors (Lipinski definition) is 1. The number of amides is 1. The number of nitrogens with zero attached hydrogens (tertiary/aromatic N) is 3. The van der Waals surface area contributed by atoms with Gasteiger partial charge in [-0.15, -0.1) is 10.2 Å². The Morgan fingerprint density at radius 3 is 2.41 bits per heavy atom. The summed E-state index contributed by atoms with van der Waals surface area (Å²) in [6.45, 7) is 7.74. The third-order valence-electron chi connectivity index (χ3n) is 4.83. The summed E-state index contributed by atoms with van der Waals surface area (Å²) >= 11 is 0. The minimum Gasteiger partial charge on any atom is -0.339 e. The van der Waals surface area contributed by atoms with Crippen molar-refractivity contribution in [3.05, 3.63) is 71.8 Å². The molecule has 0 saturated carbocycles. The fourth-order valence-electron chi connectivity index (χ4n) is 3.14. The standard InChI is InChI=1S/C24H28N4O/c1-4-6-16-28(5-2)24(29)19-10-12-21(13-11-19)25-23-15-14-22(26-27-23)20-9-7-8-18(3)17-20/h7-15,17H,4-6,16H2,1-3H3,(H,25,27). The molecule has 5 nitrogen and oxygen atoms in total. The Bertz CT molecular complexity index is 936. The van der Waals surface area contributed by atoms with Gasteiger partial charge in [-0.05, 0) is 62.7 Å². The van der Waals surface area contributed by atoms with Gasteiger partial charge < -0.3 is 10.2 Å². The Morgan fingerprint density at radius 1 is 1.00 bits per heavy atom. The zero-order chi connectivity index (χ0) is 20.6. The predicted octanol–water partition coefficient (Wildman–Crippen LogP) is 5.46. The van der Waals surface area contributed by atoms with E-state index in [-0.39, 0.29) is 5.91 Å². The van der Waals surface area contributed by atoms with Gasteiger partial charge in [0.05, 0.1) is 5.69 Å². The van der Waals surface area contributed by atoms with Crippen molar-refractivity contribution in [1.82, 2.24) is 15.1 Å². The normalized spacial score (nSPS) is 10.6. The number of carbonyl (C=O) groups is 1. The molecule has 29 heavy (non-hydrogen) atoms. The minimum absolute atomic E-state index is 0.0785. The highest BCUT2D eigenvalue weighted by Crippen LogP contribution is 2.20. The van der Waals surface area contributed by atoms with E-state index in [0.717, 1.165) is 42.9 Å². The van der Waals surface area contributed by atoms with Gasteiger partial charge in [0, 0.05) is 29.9 Å². The fourth-order valence-corrected chi connectivity index (χ4v) is 3.14. The first-order valence-corrected chi connectivity index (χ1v) is 10.2. The van der Waals surface area contributed by atoms with Gasteiger partial charge in [-0.1, -0.05) is 37.1 Å². The second-order valence-corrected chi connectivity index (χ2v) is 7.11. The molecule has 0 aliphatic rings. The molecule has 150 valence electrons. The summed E-state index contributed by atoms with van der Waals surface area (Å²) in [7, 11) is 0. The second kappa shape index (κ2) is 9.82. The van der Waals surface area contributed by atoms with E-state index < -0.39 is 0 Å². The summed E-state index contributed by atoms with van der Waals surface area (Å²) in [6, 6.07) is 19.6. The molecule has 1 heterocycles. The van der Waals surface area contributed by atoms with Crippen molar-refractivity contribution >= 4 is 17.4 Å². The van der Waals surface area contributed by atoms with Crippen LogP contribution in [0.25, 0.3) is 11.3 Å². The number of anilines is 2. The topological polar surface area (TPSA) is 58.1 Å². The van der Waals surface area contributed by atoms with Crippen LogP contribution in [0.3, 0.4) is 0 Å². The maximum atomic E-state index is 12.6. The highest BCUT2D eigenvalue weighted by atomic mass is 16.2. The van der Waals surface area contributed by atoms with E-state index in [4.69, 9.17) is 0 Å². The highest BCUT2D eigenvalue weighted by Gasteiger charge is 2.13. The number of nitrogens with one attached hydrogen (secondary N) is 1. The van der Waals surface area contributed by atoms with Gasteiger partial charge in [0.15, 0.2) is 5.82 Å². The molecule has 3 aromatic rings. The van der Waals surface area contributed by atoms with Crippen LogP contribution in [0.2, 0.25) is 0 Å². The first kappa shape index (κ1) is 20.5. The van der Waals surface area contributed by atoms with Gasteiger partial charge in [-0.3, -0.25) is 4.79 Å². The van der Waals surface area contributed by atoms with Crippen molar-refractivity contribution in [2.45, 2.75) is 33.6 Å². The van der Waals surface area contributed by atoms with Crippen LogP contribution in [0.4, 0.5) is 11.5 Å². The third kappa shape index (κ3) is 5.41. The summed E-state index contributed by atoms with van der Waals surface area (Å²) in [4.78, 5) is 14.5. The molecule has 0 saturated heterocycles. The molecule has 0 radical (unpaired) electrons. The lowest BCUT2D eigenvalue weighted by atomic mass is 10.1. The van der Waals surface area contributed by atoms with Crippen molar-refractivity contribution in [2.75, 3.05) is 18.4 Å². The molecule has 0 unspecified atom stereocenters. The van der Waals surface area contributed by atoms with Gasteiger partial charge in [-0.2, -0.15) is 0 Å². The van der Waals surface area contributed by atoms with E-state index in [9.17, 15) is 4.79 Å². The first-order chi connectivity index (χ1) is 14.1. The second-order valence-electron chi connectivity index (χ2n) is 7.11. The summed E-state index contributed by atoms with van der Waals surface area (Å²) in [5.41, 5.74) is 4.66. The summed E-state index contributed by atoms with van der Waals surface area (Å²) in [5.74, 6) is 0.744. The molecule has 0 spiro atoms. The maximum Gasteiger partial charge on any atom is 0.253 e. The van der Waals surface area contributed by atoms with Gasteiger partial charge in [0.2, 0.25) is 0 Å². The lowest BCUT2D eigenvalue weighted by Gasteiger charge is -2.20. The fraction of sp³-hybridized carbons (Fsp3) is 0.292. The molecule has 0 aliphatic heterocycles. The van der Waals surface area contributed by atoms with E-state index in [1.54, 1.807) is 0 Å². The van der Waals surface area contributed by atoms with E-state index in [2.05, 4.69) is 41.5 Å². The number of rotatable bonds is 8. The molecule has 1 amide bonds. The van der Waals surface area contributed by atoms with Crippen molar-refractivity contribution in [3.63, 3.8) is 0 Å². The Hall–Kier alpha value is -3.21. The average Bonchev–Trinajstić information content (AvgIpc) is 2.75. The first-order valence-electron chi connectivity index (χ1n) is 10.2. The molecule has 0 bridgehead atoms. The van der Waals surface area contributed by atoms with Crippen LogP contribution in [-0.2, 0) is 0 Å². The third-order valence-corrected chi connectivity index (χ3v) is 4.83. The van der Waals surface area contributed by atoms with Crippen LogP contribution in [-0.4, -0.2) is 34.1 Å². The number of aryl methyl sites for hydroxylation is 1. The van der Waals surface area contributed by atoms with E-state index in [0.29, 0.717) is 11.4 Å². The van der Waals surface area contributed by atoms with E-state index in [1.807, 2.05) is 60.4 Å². The average molecular weight is 389 g/mol. The van der Waals surface area contributed by atoms with Gasteiger partial charge in [-0.25, -0.2) is 0 Å². The van der Waals surface area contributed by atoms with Gasteiger partial charge >= 0.3 is 0 Å². The summed E-state index contributed by atoms with van der Waals surface area (Å²) < 4.78 is 0. The number of hydrogen-bond acceptors (Lipinski definition) is 4. The molecule has 2 aromatic carbocycles. The molecular formula is C24H28N4O. The molecule has 0 aliphatic carbocycles. The zero-order valence-electron chi connectivity index (χ0n) is 17.4. The smallest absolute Gasteiger partial charge is 0.253 e. The largest absolute Gasteiger partial charge is 0.339 e. The van der Waals surface area contributed by atoms with Crippen LogP contribution in [0.15, 0.2) is 60.7 Å². The van der Waals surface area contributed by atoms with Crippen molar-refractivity contribution in [3.8, 4) is 11.3 Å². The van der Waals surface area contributed by atoms with Crippen LogP contribution >= 0.6 is 0 Å². The zero-order valence-corrected chi connectivity index (χ0v) is 17.4. The Morgan fingerprint density at radius 2 is 1.79 bits per heavy atom. The number of benzene rings is 2. The van der Waals surface area contributed by atoms with Gasteiger partial charge in [0.25, 0.3) is 5.91 Å². The molecule has 3 rings (SSSR count). The number of carbonyl (C=O) groups excluding carboxylic acids is 1. The van der Waals surface area contributed by atoms with Crippen molar-refractivity contribution in [1.29, 1.82) is 0 Å². The highest BCUT2D eigenvalue weighted by molar-refractivity contribution is 5.94. The predicted molar refractivity (Wildman–Crippen MR) is 118 cm³/mol. The Labute approximate surface area is 172 Å². The molecule has 0 atom stereocenters. The monoisotopic (exact) mass is 388 g/mol. The molecule has 5 heteroatoms. The Balaban J connectivity index is 1.66. The minimum atomic E-state index is 0.0785. The lowest BCUT2D eigenvalue weighted by molar-refractivity contribution is 0.0762. The lowest BCUT2D eigenvalue weighted by Crippen LogP contribution is -2.31.